The highest BCUT2D eigenvalue weighted by Gasteiger charge is 2.30. The van der Waals surface area contributed by atoms with E-state index in [2.05, 4.69) is 18.7 Å². The number of carbonyl (C=O) groups excluding carboxylic acids is 2. The van der Waals surface area contributed by atoms with Gasteiger partial charge in [-0.25, -0.2) is 4.79 Å². The Hall–Kier alpha value is -1.26. The van der Waals surface area contributed by atoms with Gasteiger partial charge in [-0.3, -0.25) is 4.79 Å². The molecule has 5 nitrogen and oxygen atoms in total. The van der Waals surface area contributed by atoms with Crippen molar-refractivity contribution in [1.29, 1.82) is 0 Å². The Balaban J connectivity index is 1.72. The van der Waals surface area contributed by atoms with Gasteiger partial charge in [-0.2, -0.15) is 0 Å². The molecule has 0 aromatic heterocycles. The molecule has 5 heteroatoms. The number of ether oxygens (including phenoxy) is 1. The minimum atomic E-state index is -0.453. The normalized spacial score (nSPS) is 24.7. The molecule has 0 aliphatic carbocycles. The summed E-state index contributed by atoms with van der Waals surface area (Å²) in [5.41, 5.74) is -0.453. The van der Waals surface area contributed by atoms with E-state index in [-0.39, 0.29) is 6.09 Å². The summed E-state index contributed by atoms with van der Waals surface area (Å²) in [5.74, 6) is 2.18. The van der Waals surface area contributed by atoms with Gasteiger partial charge in [-0.05, 0) is 70.6 Å². The summed E-state index contributed by atoms with van der Waals surface area (Å²) in [6.07, 6.45) is 5.75. The van der Waals surface area contributed by atoms with Gasteiger partial charge in [-0.1, -0.05) is 13.8 Å². The molecule has 2 fully saturated rings. The van der Waals surface area contributed by atoms with E-state index in [9.17, 15) is 9.59 Å². The summed E-state index contributed by atoms with van der Waals surface area (Å²) in [6, 6.07) is 0. The van der Waals surface area contributed by atoms with E-state index < -0.39 is 5.60 Å². The number of hydrogen-bond acceptors (Lipinski definition) is 3. The summed E-state index contributed by atoms with van der Waals surface area (Å²) in [7, 11) is 0. The van der Waals surface area contributed by atoms with Crippen molar-refractivity contribution in [1.82, 2.24) is 9.80 Å². The molecule has 150 valence electrons. The van der Waals surface area contributed by atoms with E-state index in [0.717, 1.165) is 57.8 Å². The predicted molar refractivity (Wildman–Crippen MR) is 104 cm³/mol. The zero-order valence-corrected chi connectivity index (χ0v) is 17.4. The third-order valence-electron chi connectivity index (χ3n) is 5.77. The first-order valence-electron chi connectivity index (χ1n) is 10.4. The maximum Gasteiger partial charge on any atom is 0.410 e. The van der Waals surface area contributed by atoms with Crippen LogP contribution < -0.4 is 0 Å². The molecule has 0 bridgehead atoms. The molecule has 0 radical (unpaired) electrons. The Labute approximate surface area is 159 Å². The molecule has 0 N–H and O–H groups in total. The Morgan fingerprint density at radius 2 is 1.73 bits per heavy atom. The van der Waals surface area contributed by atoms with Gasteiger partial charge >= 0.3 is 6.09 Å². The maximum absolute atomic E-state index is 12.6. The van der Waals surface area contributed by atoms with Crippen LogP contribution in [0.5, 0.6) is 0 Å². The van der Waals surface area contributed by atoms with Crippen LogP contribution in [-0.2, 0) is 9.53 Å². The fourth-order valence-corrected chi connectivity index (χ4v) is 4.08. The smallest absolute Gasteiger partial charge is 0.410 e. The average molecular weight is 367 g/mol. The van der Waals surface area contributed by atoms with E-state index in [0.29, 0.717) is 24.2 Å². The van der Waals surface area contributed by atoms with E-state index in [4.69, 9.17) is 4.74 Å². The van der Waals surface area contributed by atoms with Crippen LogP contribution in [0.2, 0.25) is 0 Å². The molecular weight excluding hydrogens is 328 g/mol. The Kier molecular flexibility index (Phi) is 7.36. The number of carbonyl (C=O) groups is 2. The van der Waals surface area contributed by atoms with Crippen LogP contribution in [0.15, 0.2) is 0 Å². The van der Waals surface area contributed by atoms with Crippen LogP contribution in [0.25, 0.3) is 0 Å². The Morgan fingerprint density at radius 3 is 2.38 bits per heavy atom. The summed E-state index contributed by atoms with van der Waals surface area (Å²) in [5, 5.41) is 0. The maximum atomic E-state index is 12.6. The number of rotatable bonds is 4. The standard InChI is InChI=1S/C21H38N2O3/c1-16(2)18-7-6-12-22(14-11-18)19(24)9-8-17-10-13-23(15-17)20(25)26-21(3,4)5/h16-18H,6-15H2,1-5H3/t17-,18+/m0/s1. The molecule has 2 saturated heterocycles. The van der Waals surface area contributed by atoms with Gasteiger partial charge in [0.2, 0.25) is 5.91 Å². The Morgan fingerprint density at radius 1 is 1.04 bits per heavy atom. The van der Waals surface area contributed by atoms with Crippen molar-refractivity contribution in [3.05, 3.63) is 0 Å². The van der Waals surface area contributed by atoms with E-state index in [1.165, 1.54) is 6.42 Å². The zero-order chi connectivity index (χ0) is 19.3. The van der Waals surface area contributed by atoms with Gasteiger partial charge < -0.3 is 14.5 Å². The lowest BCUT2D eigenvalue weighted by molar-refractivity contribution is -0.131. The second-order valence-electron chi connectivity index (χ2n) is 9.44. The average Bonchev–Trinajstić information content (AvgIpc) is 2.86. The topological polar surface area (TPSA) is 49.9 Å². The molecule has 0 spiro atoms. The lowest BCUT2D eigenvalue weighted by Crippen LogP contribution is -2.35. The number of hydrogen-bond donors (Lipinski definition) is 0. The van der Waals surface area contributed by atoms with Crippen molar-refractivity contribution in [3.63, 3.8) is 0 Å². The summed E-state index contributed by atoms with van der Waals surface area (Å²) < 4.78 is 5.45. The van der Waals surface area contributed by atoms with Crippen LogP contribution in [0.3, 0.4) is 0 Å². The molecule has 2 aliphatic rings. The molecule has 2 atom stereocenters. The molecule has 2 rings (SSSR count). The molecule has 2 amide bonds. The summed E-state index contributed by atoms with van der Waals surface area (Å²) >= 11 is 0. The van der Waals surface area contributed by atoms with Crippen molar-refractivity contribution < 1.29 is 14.3 Å². The van der Waals surface area contributed by atoms with Crippen LogP contribution in [-0.4, -0.2) is 53.6 Å². The second kappa shape index (κ2) is 9.09. The van der Waals surface area contributed by atoms with Crippen LogP contribution in [0, 0.1) is 17.8 Å². The monoisotopic (exact) mass is 366 g/mol. The Bertz CT molecular complexity index is 484. The van der Waals surface area contributed by atoms with Crippen LogP contribution >= 0.6 is 0 Å². The lowest BCUT2D eigenvalue weighted by Gasteiger charge is -2.24. The summed E-state index contributed by atoms with van der Waals surface area (Å²) in [6.45, 7) is 13.5. The first kappa shape index (κ1) is 21.0. The van der Waals surface area contributed by atoms with Crippen molar-refractivity contribution in [3.8, 4) is 0 Å². The van der Waals surface area contributed by atoms with Crippen LogP contribution in [0.4, 0.5) is 4.79 Å². The van der Waals surface area contributed by atoms with Crippen molar-refractivity contribution in [2.24, 2.45) is 17.8 Å². The molecule has 2 heterocycles. The highest BCUT2D eigenvalue weighted by Crippen LogP contribution is 2.26. The molecule has 0 aromatic carbocycles. The minimum Gasteiger partial charge on any atom is -0.444 e. The number of amides is 2. The molecule has 26 heavy (non-hydrogen) atoms. The quantitative estimate of drug-likeness (QED) is 0.745. The van der Waals surface area contributed by atoms with E-state index >= 15 is 0 Å². The SMILES string of the molecule is CC(C)[C@@H]1CCCN(C(=O)CC[C@H]2CCN(C(=O)OC(C)(C)C)C2)CC1. The first-order valence-corrected chi connectivity index (χ1v) is 10.4. The molecule has 0 saturated carbocycles. The van der Waals surface area contributed by atoms with Gasteiger partial charge in [0.15, 0.2) is 0 Å². The van der Waals surface area contributed by atoms with Crippen LogP contribution in [0.1, 0.15) is 73.1 Å². The van der Waals surface area contributed by atoms with Gasteiger partial charge in [-0.15, -0.1) is 0 Å². The van der Waals surface area contributed by atoms with Crippen molar-refractivity contribution in [2.75, 3.05) is 26.2 Å². The lowest BCUT2D eigenvalue weighted by atomic mass is 9.89. The van der Waals surface area contributed by atoms with Crippen molar-refractivity contribution in [2.45, 2.75) is 78.7 Å². The highest BCUT2D eigenvalue weighted by molar-refractivity contribution is 5.76. The fourth-order valence-electron chi connectivity index (χ4n) is 4.08. The molecule has 2 aliphatic heterocycles. The third-order valence-corrected chi connectivity index (χ3v) is 5.77. The molecular formula is C21H38N2O3. The molecule has 0 unspecified atom stereocenters. The second-order valence-corrected chi connectivity index (χ2v) is 9.44. The highest BCUT2D eigenvalue weighted by atomic mass is 16.6. The largest absolute Gasteiger partial charge is 0.444 e. The fraction of sp³-hybridized carbons (Fsp3) is 0.905. The summed E-state index contributed by atoms with van der Waals surface area (Å²) in [4.78, 5) is 28.6. The zero-order valence-electron chi connectivity index (χ0n) is 17.4. The van der Waals surface area contributed by atoms with E-state index in [1.807, 2.05) is 20.8 Å². The van der Waals surface area contributed by atoms with E-state index in [1.54, 1.807) is 4.90 Å². The van der Waals surface area contributed by atoms with Gasteiger partial charge in [0.25, 0.3) is 0 Å². The van der Waals surface area contributed by atoms with Gasteiger partial charge in [0.05, 0.1) is 0 Å². The number of likely N-dealkylation sites (tertiary alicyclic amines) is 2. The van der Waals surface area contributed by atoms with Gasteiger partial charge in [0.1, 0.15) is 5.60 Å². The predicted octanol–water partition coefficient (Wildman–Crippen LogP) is 4.31. The van der Waals surface area contributed by atoms with Gasteiger partial charge in [0, 0.05) is 32.6 Å². The number of nitrogens with zero attached hydrogens (tertiary/aromatic N) is 2. The minimum absolute atomic E-state index is 0.224. The van der Waals surface area contributed by atoms with Crippen molar-refractivity contribution >= 4 is 12.0 Å². The third kappa shape index (κ3) is 6.48. The molecule has 0 aromatic rings. The first-order chi connectivity index (χ1) is 12.2.